The van der Waals surface area contributed by atoms with E-state index < -0.39 is 10.0 Å². The van der Waals surface area contributed by atoms with Gasteiger partial charge in [0.2, 0.25) is 15.9 Å². The third-order valence-electron chi connectivity index (χ3n) is 4.71. The Kier molecular flexibility index (Phi) is 6.40. The number of rotatable bonds is 6. The second-order valence-electron chi connectivity index (χ2n) is 6.61. The number of hydrogen-bond donors (Lipinski definition) is 1. The van der Waals surface area contributed by atoms with Gasteiger partial charge in [-0.05, 0) is 37.3 Å². The molecule has 1 aromatic carbocycles. The number of carbonyl (C=O) groups excluding carboxylic acids is 1. The molecule has 1 aliphatic carbocycles. The van der Waals surface area contributed by atoms with Gasteiger partial charge in [0.1, 0.15) is 0 Å². The molecule has 0 atom stereocenters. The lowest BCUT2D eigenvalue weighted by atomic mass is 9.95. The highest BCUT2D eigenvalue weighted by molar-refractivity contribution is 7.88. The van der Waals surface area contributed by atoms with Crippen LogP contribution in [0.5, 0.6) is 0 Å². The van der Waals surface area contributed by atoms with Gasteiger partial charge in [0.15, 0.2) is 0 Å². The fraction of sp³-hybridized carbons (Fsp3) is 0.611. The summed E-state index contributed by atoms with van der Waals surface area (Å²) in [5.41, 5.74) is 2.86. The van der Waals surface area contributed by atoms with Crippen molar-refractivity contribution in [2.75, 3.05) is 18.1 Å². The Hall–Kier alpha value is -1.40. The van der Waals surface area contributed by atoms with Gasteiger partial charge in [-0.3, -0.25) is 4.79 Å². The number of carbonyl (C=O) groups is 1. The van der Waals surface area contributed by atoms with Crippen LogP contribution in [0.15, 0.2) is 18.2 Å². The van der Waals surface area contributed by atoms with E-state index in [-0.39, 0.29) is 18.5 Å². The molecule has 1 aromatic rings. The molecule has 5 nitrogen and oxygen atoms in total. The maximum absolute atomic E-state index is 12.5. The van der Waals surface area contributed by atoms with E-state index in [0.29, 0.717) is 0 Å². The zero-order valence-corrected chi connectivity index (χ0v) is 15.7. The van der Waals surface area contributed by atoms with Crippen LogP contribution in [0.2, 0.25) is 0 Å². The van der Waals surface area contributed by atoms with Crippen molar-refractivity contribution in [2.45, 2.75) is 58.4 Å². The number of amides is 1. The molecule has 0 heterocycles. The van der Waals surface area contributed by atoms with Gasteiger partial charge < -0.3 is 5.32 Å². The Labute approximate surface area is 145 Å². The minimum Gasteiger partial charge on any atom is -0.324 e. The largest absolute Gasteiger partial charge is 0.324 e. The molecule has 0 bridgehead atoms. The number of para-hydroxylation sites is 1. The first-order valence-corrected chi connectivity index (χ1v) is 10.5. The monoisotopic (exact) mass is 352 g/mol. The van der Waals surface area contributed by atoms with E-state index in [1.54, 1.807) is 0 Å². The fourth-order valence-corrected chi connectivity index (χ4v) is 4.51. The molecule has 2 rings (SSSR count). The van der Waals surface area contributed by atoms with E-state index in [1.807, 2.05) is 32.0 Å². The van der Waals surface area contributed by atoms with Crippen molar-refractivity contribution in [2.24, 2.45) is 0 Å². The van der Waals surface area contributed by atoms with Gasteiger partial charge in [0.25, 0.3) is 0 Å². The SMILES string of the molecule is CCc1cccc(C)c1NC(=O)CN(C1CCCCC1)S(C)(=O)=O. The van der Waals surface area contributed by atoms with E-state index in [1.165, 1.54) is 10.6 Å². The Balaban J connectivity index is 2.14. The molecular weight excluding hydrogens is 324 g/mol. The molecular formula is C18H28N2O3S. The summed E-state index contributed by atoms with van der Waals surface area (Å²) in [6.45, 7) is 3.88. The molecule has 1 N–H and O–H groups in total. The van der Waals surface area contributed by atoms with Gasteiger partial charge in [0, 0.05) is 11.7 Å². The molecule has 1 aliphatic rings. The summed E-state index contributed by atoms with van der Waals surface area (Å²) in [6.07, 6.45) is 6.88. The number of nitrogens with one attached hydrogen (secondary N) is 1. The maximum atomic E-state index is 12.5. The van der Waals surface area contributed by atoms with Gasteiger partial charge in [0.05, 0.1) is 12.8 Å². The van der Waals surface area contributed by atoms with Crippen LogP contribution < -0.4 is 5.32 Å². The first kappa shape index (κ1) is 18.9. The van der Waals surface area contributed by atoms with Crippen LogP contribution in [0.1, 0.15) is 50.2 Å². The highest BCUT2D eigenvalue weighted by Crippen LogP contribution is 2.25. The van der Waals surface area contributed by atoms with Crippen LogP contribution in [0.3, 0.4) is 0 Å². The first-order chi connectivity index (χ1) is 11.3. The molecule has 134 valence electrons. The molecule has 1 saturated carbocycles. The average Bonchev–Trinajstić information content (AvgIpc) is 2.54. The Morgan fingerprint density at radius 1 is 1.25 bits per heavy atom. The summed E-state index contributed by atoms with van der Waals surface area (Å²) in [5.74, 6) is -0.269. The van der Waals surface area contributed by atoms with Gasteiger partial charge in [-0.2, -0.15) is 4.31 Å². The van der Waals surface area contributed by atoms with Crippen LogP contribution in [-0.4, -0.2) is 37.5 Å². The first-order valence-electron chi connectivity index (χ1n) is 8.68. The number of nitrogens with zero attached hydrogens (tertiary/aromatic N) is 1. The lowest BCUT2D eigenvalue weighted by Gasteiger charge is -2.32. The van der Waals surface area contributed by atoms with E-state index in [0.717, 1.165) is 55.3 Å². The molecule has 6 heteroatoms. The highest BCUT2D eigenvalue weighted by atomic mass is 32.2. The summed E-state index contributed by atoms with van der Waals surface area (Å²) >= 11 is 0. The number of benzene rings is 1. The third-order valence-corrected chi connectivity index (χ3v) is 5.99. The number of hydrogen-bond acceptors (Lipinski definition) is 3. The normalized spacial score (nSPS) is 16.3. The summed E-state index contributed by atoms with van der Waals surface area (Å²) in [7, 11) is -3.41. The molecule has 0 aromatic heterocycles. The maximum Gasteiger partial charge on any atom is 0.239 e. The number of sulfonamides is 1. The lowest BCUT2D eigenvalue weighted by Crippen LogP contribution is -2.45. The topological polar surface area (TPSA) is 66.5 Å². The van der Waals surface area contributed by atoms with Crippen molar-refractivity contribution in [3.05, 3.63) is 29.3 Å². The van der Waals surface area contributed by atoms with Crippen molar-refractivity contribution in [3.63, 3.8) is 0 Å². The summed E-state index contributed by atoms with van der Waals surface area (Å²) < 4.78 is 25.7. The van der Waals surface area contributed by atoms with Crippen LogP contribution in [0, 0.1) is 6.92 Å². The Bertz CT molecular complexity index is 680. The van der Waals surface area contributed by atoms with Gasteiger partial charge in [-0.1, -0.05) is 44.4 Å². The predicted molar refractivity (Wildman–Crippen MR) is 97.6 cm³/mol. The van der Waals surface area contributed by atoms with Crippen molar-refractivity contribution >= 4 is 21.6 Å². The fourth-order valence-electron chi connectivity index (χ4n) is 3.41. The van der Waals surface area contributed by atoms with Gasteiger partial charge in [-0.15, -0.1) is 0 Å². The summed E-state index contributed by atoms with van der Waals surface area (Å²) in [5, 5.41) is 2.93. The van der Waals surface area contributed by atoms with E-state index >= 15 is 0 Å². The lowest BCUT2D eigenvalue weighted by molar-refractivity contribution is -0.116. The van der Waals surface area contributed by atoms with Crippen LogP contribution in [0.25, 0.3) is 0 Å². The molecule has 0 saturated heterocycles. The molecule has 0 radical (unpaired) electrons. The van der Waals surface area contributed by atoms with Crippen molar-refractivity contribution in [3.8, 4) is 0 Å². The standard InChI is InChI=1S/C18H28N2O3S/c1-4-15-10-8-9-14(2)18(15)19-17(21)13-20(24(3,22)23)16-11-6-5-7-12-16/h8-10,16H,4-7,11-13H2,1-3H3,(H,19,21). The zero-order chi connectivity index (χ0) is 17.7. The Morgan fingerprint density at radius 3 is 2.50 bits per heavy atom. The smallest absolute Gasteiger partial charge is 0.239 e. The average molecular weight is 353 g/mol. The quantitative estimate of drug-likeness (QED) is 0.855. The van der Waals surface area contributed by atoms with E-state index in [2.05, 4.69) is 5.32 Å². The predicted octanol–water partition coefficient (Wildman–Crippen LogP) is 3.09. The summed E-state index contributed by atoms with van der Waals surface area (Å²) in [4.78, 5) is 12.5. The molecule has 0 unspecified atom stereocenters. The van der Waals surface area contributed by atoms with Crippen molar-refractivity contribution in [1.29, 1.82) is 0 Å². The molecule has 0 aliphatic heterocycles. The van der Waals surface area contributed by atoms with Crippen LogP contribution >= 0.6 is 0 Å². The van der Waals surface area contributed by atoms with Crippen molar-refractivity contribution in [1.82, 2.24) is 4.31 Å². The zero-order valence-electron chi connectivity index (χ0n) is 14.8. The Morgan fingerprint density at radius 2 is 1.92 bits per heavy atom. The van der Waals surface area contributed by atoms with Gasteiger partial charge in [-0.25, -0.2) is 8.42 Å². The van der Waals surface area contributed by atoms with Crippen molar-refractivity contribution < 1.29 is 13.2 Å². The molecule has 1 fully saturated rings. The highest BCUT2D eigenvalue weighted by Gasteiger charge is 2.30. The summed E-state index contributed by atoms with van der Waals surface area (Å²) in [6, 6.07) is 5.85. The third kappa shape index (κ3) is 4.80. The van der Waals surface area contributed by atoms with Crippen LogP contribution in [0.4, 0.5) is 5.69 Å². The van der Waals surface area contributed by atoms with E-state index in [4.69, 9.17) is 0 Å². The van der Waals surface area contributed by atoms with Gasteiger partial charge >= 0.3 is 0 Å². The minimum atomic E-state index is -3.41. The van der Waals surface area contributed by atoms with Crippen LogP contribution in [-0.2, 0) is 21.2 Å². The molecule has 0 spiro atoms. The van der Waals surface area contributed by atoms with E-state index in [9.17, 15) is 13.2 Å². The molecule has 1 amide bonds. The second kappa shape index (κ2) is 8.12. The minimum absolute atomic E-state index is 0.0537. The number of anilines is 1. The molecule has 24 heavy (non-hydrogen) atoms. The second-order valence-corrected chi connectivity index (χ2v) is 8.55. The number of aryl methyl sites for hydroxylation is 2.